The summed E-state index contributed by atoms with van der Waals surface area (Å²) >= 11 is 3.40. The van der Waals surface area contributed by atoms with E-state index in [9.17, 15) is 4.39 Å². The van der Waals surface area contributed by atoms with Gasteiger partial charge in [0.1, 0.15) is 17.3 Å². The third-order valence-electron chi connectivity index (χ3n) is 3.82. The molecule has 0 aliphatic heterocycles. The van der Waals surface area contributed by atoms with Crippen molar-refractivity contribution in [3.8, 4) is 11.5 Å². The molecule has 0 aliphatic carbocycles. The predicted octanol–water partition coefficient (Wildman–Crippen LogP) is 4.63. The van der Waals surface area contributed by atoms with E-state index in [0.717, 1.165) is 21.5 Å². The lowest BCUT2D eigenvalue weighted by Crippen LogP contribution is -2.37. The molecule has 23 heavy (non-hydrogen) atoms. The summed E-state index contributed by atoms with van der Waals surface area (Å²) in [5, 5.41) is 3.39. The molecule has 2 aromatic carbocycles. The fraction of sp³-hybridized carbons (Fsp3) is 0.333. The molecule has 2 rings (SSSR count). The van der Waals surface area contributed by atoms with Crippen molar-refractivity contribution < 1.29 is 13.9 Å². The summed E-state index contributed by atoms with van der Waals surface area (Å²) in [4.78, 5) is 0. The van der Waals surface area contributed by atoms with Gasteiger partial charge in [0.25, 0.3) is 0 Å². The fourth-order valence-corrected chi connectivity index (χ4v) is 2.75. The van der Waals surface area contributed by atoms with Gasteiger partial charge in [-0.2, -0.15) is 0 Å². The molecule has 3 nitrogen and oxygen atoms in total. The molecule has 0 fully saturated rings. The second kappa shape index (κ2) is 7.32. The molecule has 0 unspecified atom stereocenters. The van der Waals surface area contributed by atoms with E-state index in [4.69, 9.17) is 9.47 Å². The highest BCUT2D eigenvalue weighted by molar-refractivity contribution is 9.10. The lowest BCUT2D eigenvalue weighted by atomic mass is 9.93. The van der Waals surface area contributed by atoms with Gasteiger partial charge in [-0.1, -0.05) is 22.0 Å². The average Bonchev–Trinajstić information content (AvgIpc) is 2.54. The normalized spacial score (nSPS) is 11.4. The van der Waals surface area contributed by atoms with E-state index in [1.807, 2.05) is 32.0 Å². The van der Waals surface area contributed by atoms with Crippen LogP contribution in [-0.2, 0) is 12.1 Å². The molecule has 0 aliphatic rings. The van der Waals surface area contributed by atoms with E-state index in [1.165, 1.54) is 6.07 Å². The quantitative estimate of drug-likeness (QED) is 0.790. The molecule has 0 atom stereocenters. The molecule has 0 amide bonds. The zero-order valence-corrected chi connectivity index (χ0v) is 15.3. The van der Waals surface area contributed by atoms with Crippen molar-refractivity contribution in [1.29, 1.82) is 0 Å². The predicted molar refractivity (Wildman–Crippen MR) is 93.5 cm³/mol. The maximum absolute atomic E-state index is 14.1. The minimum absolute atomic E-state index is 0.229. The number of hydrogen-bond acceptors (Lipinski definition) is 3. The Balaban J connectivity index is 2.20. The molecule has 0 spiro atoms. The highest BCUT2D eigenvalue weighted by Crippen LogP contribution is 2.29. The first-order valence-corrected chi connectivity index (χ1v) is 8.08. The molecular formula is C18H21BrFNO2. The van der Waals surface area contributed by atoms with E-state index >= 15 is 0 Å². The van der Waals surface area contributed by atoms with Gasteiger partial charge < -0.3 is 14.8 Å². The lowest BCUT2D eigenvalue weighted by molar-refractivity contribution is 0.367. The van der Waals surface area contributed by atoms with Crippen LogP contribution in [0.15, 0.2) is 40.9 Å². The van der Waals surface area contributed by atoms with E-state index < -0.39 is 5.54 Å². The number of benzene rings is 2. The summed E-state index contributed by atoms with van der Waals surface area (Å²) < 4.78 is 25.6. The van der Waals surface area contributed by atoms with Crippen molar-refractivity contribution in [2.75, 3.05) is 14.2 Å². The minimum Gasteiger partial charge on any atom is -0.497 e. The molecule has 0 radical (unpaired) electrons. The number of nitrogens with one attached hydrogen (secondary N) is 1. The number of halogens is 2. The summed E-state index contributed by atoms with van der Waals surface area (Å²) in [6, 6.07) is 10.6. The molecule has 0 saturated carbocycles. The Morgan fingerprint density at radius 2 is 1.83 bits per heavy atom. The summed E-state index contributed by atoms with van der Waals surface area (Å²) in [6.07, 6.45) is 0. The number of ether oxygens (including phenoxy) is 2. The van der Waals surface area contributed by atoms with Crippen molar-refractivity contribution in [1.82, 2.24) is 5.32 Å². The fourth-order valence-electron chi connectivity index (χ4n) is 2.39. The van der Waals surface area contributed by atoms with Gasteiger partial charge in [0.05, 0.1) is 14.2 Å². The Hall–Kier alpha value is -1.59. The Bertz CT molecular complexity index is 689. The van der Waals surface area contributed by atoms with Crippen LogP contribution in [0.5, 0.6) is 11.5 Å². The largest absolute Gasteiger partial charge is 0.497 e. The van der Waals surface area contributed by atoms with Crippen molar-refractivity contribution >= 4 is 15.9 Å². The van der Waals surface area contributed by atoms with Gasteiger partial charge in [0.15, 0.2) is 0 Å². The standard InChI is InChI=1S/C18H21BrFNO2/c1-18(2,15-9-13(19)6-8-16(15)20)21-11-12-5-7-14(22-3)10-17(12)23-4/h5-10,21H,11H2,1-4H3. The summed E-state index contributed by atoms with van der Waals surface area (Å²) in [5.41, 5.74) is 1.06. The van der Waals surface area contributed by atoms with E-state index in [1.54, 1.807) is 26.4 Å². The highest BCUT2D eigenvalue weighted by atomic mass is 79.9. The van der Waals surface area contributed by atoms with Gasteiger partial charge in [-0.15, -0.1) is 0 Å². The molecule has 0 aromatic heterocycles. The van der Waals surface area contributed by atoms with Crippen molar-refractivity contribution in [2.24, 2.45) is 0 Å². The van der Waals surface area contributed by atoms with Gasteiger partial charge in [-0.3, -0.25) is 0 Å². The molecule has 0 heterocycles. The Labute approximate surface area is 144 Å². The monoisotopic (exact) mass is 381 g/mol. The number of rotatable bonds is 6. The molecule has 1 N–H and O–H groups in total. The number of hydrogen-bond donors (Lipinski definition) is 1. The van der Waals surface area contributed by atoms with Crippen LogP contribution in [0.1, 0.15) is 25.0 Å². The Kier molecular flexibility index (Phi) is 5.65. The average molecular weight is 382 g/mol. The maximum atomic E-state index is 14.1. The van der Waals surface area contributed by atoms with E-state index in [-0.39, 0.29) is 5.82 Å². The topological polar surface area (TPSA) is 30.5 Å². The molecular weight excluding hydrogens is 361 g/mol. The zero-order valence-electron chi connectivity index (χ0n) is 13.7. The van der Waals surface area contributed by atoms with Crippen LogP contribution >= 0.6 is 15.9 Å². The van der Waals surface area contributed by atoms with Crippen molar-refractivity contribution in [3.63, 3.8) is 0 Å². The van der Waals surface area contributed by atoms with E-state index in [2.05, 4.69) is 21.2 Å². The first-order valence-electron chi connectivity index (χ1n) is 7.29. The smallest absolute Gasteiger partial charge is 0.128 e. The van der Waals surface area contributed by atoms with Crippen LogP contribution in [0.2, 0.25) is 0 Å². The van der Waals surface area contributed by atoms with Crippen LogP contribution in [0.4, 0.5) is 4.39 Å². The van der Waals surface area contributed by atoms with Crippen LogP contribution < -0.4 is 14.8 Å². The van der Waals surface area contributed by atoms with Crippen LogP contribution in [0, 0.1) is 5.82 Å². The first-order chi connectivity index (χ1) is 10.9. The minimum atomic E-state index is -0.529. The third-order valence-corrected chi connectivity index (χ3v) is 4.31. The van der Waals surface area contributed by atoms with Gasteiger partial charge in [0.2, 0.25) is 0 Å². The summed E-state index contributed by atoms with van der Waals surface area (Å²) in [5.74, 6) is 1.25. The Morgan fingerprint density at radius 3 is 2.48 bits per heavy atom. The summed E-state index contributed by atoms with van der Waals surface area (Å²) in [7, 11) is 3.24. The number of methoxy groups -OCH3 is 2. The lowest BCUT2D eigenvalue weighted by Gasteiger charge is -2.28. The van der Waals surface area contributed by atoms with Crippen LogP contribution in [-0.4, -0.2) is 14.2 Å². The molecule has 5 heteroatoms. The zero-order chi connectivity index (χ0) is 17.0. The van der Waals surface area contributed by atoms with Crippen LogP contribution in [0.25, 0.3) is 0 Å². The highest BCUT2D eigenvalue weighted by Gasteiger charge is 2.24. The van der Waals surface area contributed by atoms with Crippen molar-refractivity contribution in [3.05, 3.63) is 57.8 Å². The SMILES string of the molecule is COc1ccc(CNC(C)(C)c2cc(Br)ccc2F)c(OC)c1. The van der Waals surface area contributed by atoms with Gasteiger partial charge in [-0.25, -0.2) is 4.39 Å². The molecule has 0 bridgehead atoms. The van der Waals surface area contributed by atoms with Crippen molar-refractivity contribution in [2.45, 2.75) is 25.9 Å². The van der Waals surface area contributed by atoms with Gasteiger partial charge in [0, 0.05) is 33.7 Å². The van der Waals surface area contributed by atoms with E-state index in [0.29, 0.717) is 12.1 Å². The molecule has 0 saturated heterocycles. The first kappa shape index (κ1) is 17.8. The Morgan fingerprint density at radius 1 is 1.09 bits per heavy atom. The van der Waals surface area contributed by atoms with Gasteiger partial charge >= 0.3 is 0 Å². The molecule has 2 aromatic rings. The van der Waals surface area contributed by atoms with Gasteiger partial charge in [-0.05, 0) is 38.1 Å². The maximum Gasteiger partial charge on any atom is 0.128 e. The summed E-state index contributed by atoms with van der Waals surface area (Å²) in [6.45, 7) is 4.45. The molecule has 124 valence electrons. The third kappa shape index (κ3) is 4.24. The second-order valence-corrected chi connectivity index (χ2v) is 6.70. The second-order valence-electron chi connectivity index (χ2n) is 5.78. The van der Waals surface area contributed by atoms with Crippen LogP contribution in [0.3, 0.4) is 0 Å².